The highest BCUT2D eigenvalue weighted by Crippen LogP contribution is 2.09. The largest absolute Gasteiger partial charge is 0.388 e. The van der Waals surface area contributed by atoms with Gasteiger partial charge in [-0.25, -0.2) is 0 Å². The Kier molecular flexibility index (Phi) is 3.51. The van der Waals surface area contributed by atoms with E-state index in [0.717, 1.165) is 17.8 Å². The van der Waals surface area contributed by atoms with Crippen LogP contribution in [0.5, 0.6) is 0 Å². The number of hydrogen-bond donors (Lipinski definition) is 1. The molecule has 0 saturated heterocycles. The Bertz CT molecular complexity index is 306. The van der Waals surface area contributed by atoms with E-state index >= 15 is 0 Å². The summed E-state index contributed by atoms with van der Waals surface area (Å²) in [5, 5.41) is 3.01. The van der Waals surface area contributed by atoms with Crippen LogP contribution in [0.25, 0.3) is 0 Å². The first-order chi connectivity index (χ1) is 6.69. The van der Waals surface area contributed by atoms with Gasteiger partial charge >= 0.3 is 0 Å². The lowest BCUT2D eigenvalue weighted by atomic mass is 10.2. The molecule has 1 aromatic carbocycles. The van der Waals surface area contributed by atoms with Crippen LogP contribution in [0.2, 0.25) is 0 Å². The number of rotatable bonds is 3. The van der Waals surface area contributed by atoms with E-state index in [9.17, 15) is 4.79 Å². The fourth-order valence-electron chi connectivity index (χ4n) is 1.14. The van der Waals surface area contributed by atoms with Crippen molar-refractivity contribution in [2.24, 2.45) is 0 Å². The molecule has 76 valence electrons. The highest BCUT2D eigenvalue weighted by atomic mass is 16.2. The Morgan fingerprint density at radius 1 is 1.36 bits per heavy atom. The van der Waals surface area contributed by atoms with E-state index in [-0.39, 0.29) is 5.91 Å². The van der Waals surface area contributed by atoms with Crippen molar-refractivity contribution >= 4 is 11.6 Å². The van der Waals surface area contributed by atoms with Gasteiger partial charge < -0.3 is 10.2 Å². The van der Waals surface area contributed by atoms with Crippen LogP contribution in [0.15, 0.2) is 24.3 Å². The van der Waals surface area contributed by atoms with Gasteiger partial charge in [-0.15, -0.1) is 0 Å². The number of carbonyl (C=O) groups excluding carboxylic acids is 1. The zero-order chi connectivity index (χ0) is 10.6. The molecule has 0 aliphatic heterocycles. The SMILES string of the molecule is CCN(C)C(=O)c1ccc(NC)cc1. The van der Waals surface area contributed by atoms with Gasteiger partial charge in [0.05, 0.1) is 0 Å². The number of benzene rings is 1. The summed E-state index contributed by atoms with van der Waals surface area (Å²) >= 11 is 0. The fraction of sp³-hybridized carbons (Fsp3) is 0.364. The molecule has 0 spiro atoms. The van der Waals surface area contributed by atoms with E-state index in [1.54, 1.807) is 11.9 Å². The van der Waals surface area contributed by atoms with Crippen molar-refractivity contribution in [3.05, 3.63) is 29.8 Å². The van der Waals surface area contributed by atoms with Crippen LogP contribution in [0, 0.1) is 0 Å². The van der Waals surface area contributed by atoms with Crippen molar-refractivity contribution in [1.29, 1.82) is 0 Å². The molecule has 0 saturated carbocycles. The monoisotopic (exact) mass is 192 g/mol. The third-order valence-corrected chi connectivity index (χ3v) is 2.24. The Hall–Kier alpha value is -1.51. The van der Waals surface area contributed by atoms with Crippen molar-refractivity contribution < 1.29 is 4.79 Å². The molecule has 1 amide bonds. The van der Waals surface area contributed by atoms with Gasteiger partial charge in [-0.05, 0) is 31.2 Å². The van der Waals surface area contributed by atoms with Crippen LogP contribution in [0.1, 0.15) is 17.3 Å². The second-order valence-electron chi connectivity index (χ2n) is 3.15. The summed E-state index contributed by atoms with van der Waals surface area (Å²) in [4.78, 5) is 13.4. The predicted molar refractivity (Wildman–Crippen MR) is 58.6 cm³/mol. The van der Waals surface area contributed by atoms with Crippen LogP contribution in [0.4, 0.5) is 5.69 Å². The molecular weight excluding hydrogens is 176 g/mol. The molecule has 14 heavy (non-hydrogen) atoms. The third kappa shape index (κ3) is 2.25. The van der Waals surface area contributed by atoms with Gasteiger partial charge in [-0.1, -0.05) is 0 Å². The summed E-state index contributed by atoms with van der Waals surface area (Å²) in [6.45, 7) is 2.69. The van der Waals surface area contributed by atoms with Gasteiger partial charge in [0.2, 0.25) is 0 Å². The summed E-state index contributed by atoms with van der Waals surface area (Å²) in [6.07, 6.45) is 0. The molecule has 0 unspecified atom stereocenters. The Balaban J connectivity index is 2.81. The number of anilines is 1. The van der Waals surface area contributed by atoms with E-state index < -0.39 is 0 Å². The van der Waals surface area contributed by atoms with Gasteiger partial charge in [-0.3, -0.25) is 4.79 Å². The highest BCUT2D eigenvalue weighted by molar-refractivity contribution is 5.94. The molecule has 0 atom stereocenters. The number of carbonyl (C=O) groups is 1. The minimum absolute atomic E-state index is 0.0650. The van der Waals surface area contributed by atoms with Crippen molar-refractivity contribution in [3.63, 3.8) is 0 Å². The molecule has 0 bridgehead atoms. The first-order valence-electron chi connectivity index (χ1n) is 4.72. The highest BCUT2D eigenvalue weighted by Gasteiger charge is 2.08. The smallest absolute Gasteiger partial charge is 0.253 e. The van der Waals surface area contributed by atoms with Crippen LogP contribution < -0.4 is 5.32 Å². The average molecular weight is 192 g/mol. The molecule has 3 nitrogen and oxygen atoms in total. The first kappa shape index (κ1) is 10.6. The van der Waals surface area contributed by atoms with E-state index in [0.29, 0.717) is 0 Å². The molecule has 3 heteroatoms. The van der Waals surface area contributed by atoms with Gasteiger partial charge in [-0.2, -0.15) is 0 Å². The van der Waals surface area contributed by atoms with Crippen LogP contribution >= 0.6 is 0 Å². The molecule has 1 rings (SSSR count). The van der Waals surface area contributed by atoms with E-state index in [1.807, 2.05) is 38.2 Å². The van der Waals surface area contributed by atoms with Gasteiger partial charge in [0.1, 0.15) is 0 Å². The minimum Gasteiger partial charge on any atom is -0.388 e. The third-order valence-electron chi connectivity index (χ3n) is 2.24. The number of nitrogens with zero attached hydrogens (tertiary/aromatic N) is 1. The van der Waals surface area contributed by atoms with Gasteiger partial charge in [0.15, 0.2) is 0 Å². The normalized spacial score (nSPS) is 9.64. The predicted octanol–water partition coefficient (Wildman–Crippen LogP) is 1.82. The Morgan fingerprint density at radius 3 is 2.36 bits per heavy atom. The summed E-state index contributed by atoms with van der Waals surface area (Å²) in [5.41, 5.74) is 1.74. The van der Waals surface area contributed by atoms with Gasteiger partial charge in [0, 0.05) is 31.9 Å². The molecule has 0 radical (unpaired) electrons. The zero-order valence-electron chi connectivity index (χ0n) is 8.87. The molecular formula is C11H16N2O. The Labute approximate surface area is 84.7 Å². The number of amides is 1. The summed E-state index contributed by atoms with van der Waals surface area (Å²) in [6, 6.07) is 7.47. The molecule has 1 aromatic rings. The van der Waals surface area contributed by atoms with Crippen LogP contribution in [-0.4, -0.2) is 31.4 Å². The number of nitrogens with one attached hydrogen (secondary N) is 1. The van der Waals surface area contributed by atoms with Crippen molar-refractivity contribution in [1.82, 2.24) is 4.90 Å². The maximum absolute atomic E-state index is 11.7. The molecule has 0 heterocycles. The fourth-order valence-corrected chi connectivity index (χ4v) is 1.14. The van der Waals surface area contributed by atoms with Crippen molar-refractivity contribution in [2.45, 2.75) is 6.92 Å². The molecule has 0 fully saturated rings. The lowest BCUT2D eigenvalue weighted by Gasteiger charge is -2.14. The topological polar surface area (TPSA) is 32.3 Å². The summed E-state index contributed by atoms with van der Waals surface area (Å²) < 4.78 is 0. The van der Waals surface area contributed by atoms with Crippen molar-refractivity contribution in [3.8, 4) is 0 Å². The minimum atomic E-state index is 0.0650. The second kappa shape index (κ2) is 4.65. The lowest BCUT2D eigenvalue weighted by molar-refractivity contribution is 0.0802. The van der Waals surface area contributed by atoms with E-state index in [4.69, 9.17) is 0 Å². The maximum atomic E-state index is 11.7. The maximum Gasteiger partial charge on any atom is 0.253 e. The quantitative estimate of drug-likeness (QED) is 0.792. The summed E-state index contributed by atoms with van der Waals surface area (Å²) in [7, 11) is 3.66. The molecule has 0 aliphatic carbocycles. The number of hydrogen-bond acceptors (Lipinski definition) is 2. The molecule has 0 aromatic heterocycles. The molecule has 0 aliphatic rings. The molecule has 1 N–H and O–H groups in total. The van der Waals surface area contributed by atoms with Crippen molar-refractivity contribution in [2.75, 3.05) is 26.0 Å². The first-order valence-corrected chi connectivity index (χ1v) is 4.72. The van der Waals surface area contributed by atoms with Gasteiger partial charge in [0.25, 0.3) is 5.91 Å². The summed E-state index contributed by atoms with van der Waals surface area (Å²) in [5.74, 6) is 0.0650. The average Bonchev–Trinajstić information content (AvgIpc) is 2.27. The zero-order valence-corrected chi connectivity index (χ0v) is 8.87. The Morgan fingerprint density at radius 2 is 1.93 bits per heavy atom. The van der Waals surface area contributed by atoms with E-state index in [2.05, 4.69) is 5.32 Å². The van der Waals surface area contributed by atoms with E-state index in [1.165, 1.54) is 0 Å². The lowest BCUT2D eigenvalue weighted by Crippen LogP contribution is -2.26. The second-order valence-corrected chi connectivity index (χ2v) is 3.15. The van der Waals surface area contributed by atoms with Crippen LogP contribution in [0.3, 0.4) is 0 Å². The van der Waals surface area contributed by atoms with Crippen LogP contribution in [-0.2, 0) is 0 Å². The standard InChI is InChI=1S/C11H16N2O/c1-4-13(3)11(14)9-5-7-10(12-2)8-6-9/h5-8,12H,4H2,1-3H3.